The highest BCUT2D eigenvalue weighted by Gasteiger charge is 2.10. The van der Waals surface area contributed by atoms with Gasteiger partial charge in [0.15, 0.2) is 5.16 Å². The van der Waals surface area contributed by atoms with Crippen molar-refractivity contribution in [2.75, 3.05) is 5.32 Å². The third-order valence-electron chi connectivity index (χ3n) is 3.89. The number of anilines is 1. The van der Waals surface area contributed by atoms with Crippen molar-refractivity contribution >= 4 is 33.5 Å². The molecule has 0 bridgehead atoms. The van der Waals surface area contributed by atoms with E-state index >= 15 is 0 Å². The van der Waals surface area contributed by atoms with Crippen molar-refractivity contribution in [3.05, 3.63) is 80.0 Å². The highest BCUT2D eigenvalue weighted by molar-refractivity contribution is 9.10. The van der Waals surface area contributed by atoms with E-state index in [1.807, 2.05) is 55.5 Å². The number of thioether (sulfide) groups is 1. The lowest BCUT2D eigenvalue weighted by Crippen LogP contribution is -2.25. The number of aromatic nitrogens is 3. The number of benzene rings is 2. The zero-order chi connectivity index (χ0) is 18.5. The van der Waals surface area contributed by atoms with Gasteiger partial charge in [0, 0.05) is 23.8 Å². The summed E-state index contributed by atoms with van der Waals surface area (Å²) < 4.78 is 2.58. The summed E-state index contributed by atoms with van der Waals surface area (Å²) in [5, 5.41) is 11.9. The molecular formula is C19H19BrN4OS. The normalized spacial score (nSPS) is 10.7. The van der Waals surface area contributed by atoms with Gasteiger partial charge in [-0.3, -0.25) is 9.36 Å². The van der Waals surface area contributed by atoms with Crippen molar-refractivity contribution in [1.29, 1.82) is 0 Å². The molecule has 134 valence electrons. The number of hydrogen-bond donors (Lipinski definition) is 1. The Morgan fingerprint density at radius 1 is 1.04 bits per heavy atom. The van der Waals surface area contributed by atoms with Crippen LogP contribution in [-0.2, 0) is 19.3 Å². The molecule has 1 aromatic heterocycles. The van der Waals surface area contributed by atoms with Crippen LogP contribution in [0.25, 0.3) is 0 Å². The minimum Gasteiger partial charge on any atom is -0.360 e. The van der Waals surface area contributed by atoms with Gasteiger partial charge in [-0.2, -0.15) is 0 Å². The van der Waals surface area contributed by atoms with E-state index in [1.54, 1.807) is 7.05 Å². The van der Waals surface area contributed by atoms with E-state index in [0.29, 0.717) is 11.7 Å². The Bertz CT molecular complexity index is 939. The molecule has 1 heterocycles. The summed E-state index contributed by atoms with van der Waals surface area (Å²) in [5.74, 6) is 0.992. The molecule has 2 aromatic carbocycles. The predicted octanol–water partition coefficient (Wildman–Crippen LogP) is 4.15. The molecule has 3 aromatic rings. The SMILES string of the molecule is Cc1ccc(CNc2nnc(SCc3ccc(Br)cc3)n(C)c2=O)cc1. The first-order valence-electron chi connectivity index (χ1n) is 8.13. The molecular weight excluding hydrogens is 412 g/mol. The third-order valence-corrected chi connectivity index (χ3v) is 5.51. The molecule has 0 amide bonds. The average Bonchev–Trinajstić information content (AvgIpc) is 2.65. The summed E-state index contributed by atoms with van der Waals surface area (Å²) in [6.45, 7) is 2.58. The van der Waals surface area contributed by atoms with E-state index in [2.05, 4.69) is 31.4 Å². The predicted molar refractivity (Wildman–Crippen MR) is 109 cm³/mol. The maximum absolute atomic E-state index is 12.5. The number of nitrogens with one attached hydrogen (secondary N) is 1. The highest BCUT2D eigenvalue weighted by Crippen LogP contribution is 2.20. The van der Waals surface area contributed by atoms with Gasteiger partial charge in [-0.1, -0.05) is 69.7 Å². The molecule has 0 radical (unpaired) electrons. The zero-order valence-corrected chi connectivity index (χ0v) is 17.0. The second kappa shape index (κ2) is 8.51. The van der Waals surface area contributed by atoms with Crippen LogP contribution in [0.3, 0.4) is 0 Å². The lowest BCUT2D eigenvalue weighted by Gasteiger charge is -2.09. The van der Waals surface area contributed by atoms with Gasteiger partial charge >= 0.3 is 0 Å². The first-order valence-corrected chi connectivity index (χ1v) is 9.91. The molecule has 0 unspecified atom stereocenters. The number of halogens is 1. The smallest absolute Gasteiger partial charge is 0.296 e. The zero-order valence-electron chi connectivity index (χ0n) is 14.6. The Morgan fingerprint density at radius 3 is 2.38 bits per heavy atom. The summed E-state index contributed by atoms with van der Waals surface area (Å²) in [4.78, 5) is 12.5. The fourth-order valence-corrected chi connectivity index (χ4v) is 3.43. The Morgan fingerprint density at radius 2 is 1.69 bits per heavy atom. The topological polar surface area (TPSA) is 59.8 Å². The first kappa shape index (κ1) is 18.7. The van der Waals surface area contributed by atoms with E-state index in [0.717, 1.165) is 21.4 Å². The molecule has 0 saturated heterocycles. The quantitative estimate of drug-likeness (QED) is 0.595. The summed E-state index contributed by atoms with van der Waals surface area (Å²) in [7, 11) is 1.72. The third kappa shape index (κ3) is 4.74. The monoisotopic (exact) mass is 430 g/mol. The Balaban J connectivity index is 1.66. The van der Waals surface area contributed by atoms with E-state index in [4.69, 9.17) is 0 Å². The summed E-state index contributed by atoms with van der Waals surface area (Å²) in [6, 6.07) is 16.2. The summed E-state index contributed by atoms with van der Waals surface area (Å²) in [6.07, 6.45) is 0. The number of rotatable bonds is 6. The second-order valence-electron chi connectivity index (χ2n) is 5.95. The van der Waals surface area contributed by atoms with Gasteiger partial charge in [0.05, 0.1) is 0 Å². The van der Waals surface area contributed by atoms with Crippen molar-refractivity contribution in [2.45, 2.75) is 24.4 Å². The van der Waals surface area contributed by atoms with E-state index in [1.165, 1.54) is 21.9 Å². The van der Waals surface area contributed by atoms with Gasteiger partial charge in [-0.05, 0) is 30.2 Å². The van der Waals surface area contributed by atoms with Gasteiger partial charge in [-0.25, -0.2) is 0 Å². The van der Waals surface area contributed by atoms with Gasteiger partial charge in [0.25, 0.3) is 5.56 Å². The van der Waals surface area contributed by atoms with Crippen LogP contribution in [0.1, 0.15) is 16.7 Å². The molecule has 0 aliphatic rings. The van der Waals surface area contributed by atoms with Crippen LogP contribution in [0.15, 0.2) is 63.0 Å². The van der Waals surface area contributed by atoms with Gasteiger partial charge in [0.1, 0.15) is 0 Å². The van der Waals surface area contributed by atoms with Crippen molar-refractivity contribution < 1.29 is 0 Å². The average molecular weight is 431 g/mol. The van der Waals surface area contributed by atoms with E-state index in [-0.39, 0.29) is 11.4 Å². The lowest BCUT2D eigenvalue weighted by atomic mass is 10.1. The van der Waals surface area contributed by atoms with E-state index < -0.39 is 0 Å². The van der Waals surface area contributed by atoms with Crippen LogP contribution >= 0.6 is 27.7 Å². The Hall–Kier alpha value is -2.12. The van der Waals surface area contributed by atoms with E-state index in [9.17, 15) is 4.79 Å². The maximum atomic E-state index is 12.5. The minimum atomic E-state index is -0.176. The lowest BCUT2D eigenvalue weighted by molar-refractivity contribution is 0.664. The van der Waals surface area contributed by atoms with Crippen molar-refractivity contribution in [3.63, 3.8) is 0 Å². The molecule has 7 heteroatoms. The number of nitrogens with zero attached hydrogens (tertiary/aromatic N) is 3. The molecule has 26 heavy (non-hydrogen) atoms. The number of hydrogen-bond acceptors (Lipinski definition) is 5. The van der Waals surface area contributed by atoms with Crippen LogP contribution in [-0.4, -0.2) is 14.8 Å². The summed E-state index contributed by atoms with van der Waals surface area (Å²) in [5.41, 5.74) is 3.28. The molecule has 0 saturated carbocycles. The largest absolute Gasteiger partial charge is 0.360 e. The van der Waals surface area contributed by atoms with Crippen LogP contribution in [0.2, 0.25) is 0 Å². The molecule has 0 fully saturated rings. The number of aryl methyl sites for hydroxylation is 1. The van der Waals surface area contributed by atoms with Gasteiger partial charge in [0.2, 0.25) is 5.82 Å². The molecule has 0 atom stereocenters. The summed E-state index contributed by atoms with van der Waals surface area (Å²) >= 11 is 4.92. The van der Waals surface area contributed by atoms with Crippen LogP contribution in [0.4, 0.5) is 5.82 Å². The molecule has 0 spiro atoms. The fraction of sp³-hybridized carbons (Fsp3) is 0.211. The Kier molecular flexibility index (Phi) is 6.11. The standard InChI is InChI=1S/C19H19BrN4OS/c1-13-3-5-14(6-4-13)11-21-17-18(25)24(2)19(23-22-17)26-12-15-7-9-16(20)10-8-15/h3-10H,11-12H2,1-2H3,(H,21,22). The van der Waals surface area contributed by atoms with Crippen LogP contribution in [0, 0.1) is 6.92 Å². The van der Waals surface area contributed by atoms with Crippen molar-refractivity contribution in [2.24, 2.45) is 7.05 Å². The molecule has 3 rings (SSSR count). The second-order valence-corrected chi connectivity index (χ2v) is 7.81. The van der Waals surface area contributed by atoms with Gasteiger partial charge < -0.3 is 5.32 Å². The van der Waals surface area contributed by atoms with Crippen LogP contribution in [0.5, 0.6) is 0 Å². The van der Waals surface area contributed by atoms with Gasteiger partial charge in [-0.15, -0.1) is 10.2 Å². The highest BCUT2D eigenvalue weighted by atomic mass is 79.9. The van der Waals surface area contributed by atoms with Crippen molar-refractivity contribution in [1.82, 2.24) is 14.8 Å². The molecule has 1 N–H and O–H groups in total. The molecule has 5 nitrogen and oxygen atoms in total. The molecule has 0 aliphatic carbocycles. The van der Waals surface area contributed by atoms with Crippen LogP contribution < -0.4 is 10.9 Å². The Labute approximate surface area is 165 Å². The first-order chi connectivity index (χ1) is 12.5. The molecule has 0 aliphatic heterocycles. The van der Waals surface area contributed by atoms with Crippen molar-refractivity contribution in [3.8, 4) is 0 Å². The fourth-order valence-electron chi connectivity index (χ4n) is 2.31. The minimum absolute atomic E-state index is 0.176. The maximum Gasteiger partial charge on any atom is 0.296 e.